The highest BCUT2D eigenvalue weighted by Crippen LogP contribution is 2.58. The summed E-state index contributed by atoms with van der Waals surface area (Å²) in [4.78, 5) is 26.7. The van der Waals surface area contributed by atoms with Crippen molar-refractivity contribution in [3.05, 3.63) is 41.6 Å². The number of hydrogen-bond donors (Lipinski definition) is 1. The van der Waals surface area contributed by atoms with Crippen molar-refractivity contribution in [1.82, 2.24) is 4.98 Å². The van der Waals surface area contributed by atoms with Crippen molar-refractivity contribution in [2.75, 3.05) is 5.32 Å². The van der Waals surface area contributed by atoms with Gasteiger partial charge in [-0.3, -0.25) is 4.79 Å². The number of hydrogen-bond acceptors (Lipinski definition) is 5. The van der Waals surface area contributed by atoms with Gasteiger partial charge in [0.25, 0.3) is 0 Å². The maximum Gasteiger partial charge on any atom is 0.225 e. The van der Waals surface area contributed by atoms with Crippen molar-refractivity contribution in [3.63, 3.8) is 0 Å². The minimum atomic E-state index is -0.0309. The van der Waals surface area contributed by atoms with Crippen LogP contribution in [-0.4, -0.2) is 23.3 Å². The average molecular weight is 322 g/mol. The van der Waals surface area contributed by atoms with Crippen LogP contribution in [0.4, 0.5) is 5.82 Å². The number of ether oxygens (including phenoxy) is 2. The minimum absolute atomic E-state index is 0.00310. The van der Waals surface area contributed by atoms with Gasteiger partial charge in [-0.05, 0) is 30.7 Å². The van der Waals surface area contributed by atoms with Gasteiger partial charge in [0.1, 0.15) is 35.5 Å². The number of pyridine rings is 1. The van der Waals surface area contributed by atoms with Crippen LogP contribution < -0.4 is 14.8 Å². The Morgan fingerprint density at radius 1 is 1.29 bits per heavy atom. The lowest BCUT2D eigenvalue weighted by atomic mass is 10.1. The fraction of sp³-hybridized carbons (Fsp3) is 0.278. The molecule has 3 unspecified atom stereocenters. The molecule has 1 aliphatic carbocycles. The van der Waals surface area contributed by atoms with E-state index in [1.165, 1.54) is 0 Å². The molecule has 3 heterocycles. The molecule has 1 aromatic carbocycles. The number of anilines is 1. The third-order valence-corrected chi connectivity index (χ3v) is 4.87. The number of benzene rings is 1. The van der Waals surface area contributed by atoms with Crippen LogP contribution in [0.5, 0.6) is 17.2 Å². The number of amides is 1. The predicted octanol–water partition coefficient (Wildman–Crippen LogP) is 2.43. The SMILES string of the molecule is O=CC1C2Oc3ccc(Oc4ccnc5c4CCC(=O)N5)cc3C12. The molecule has 6 heteroatoms. The lowest BCUT2D eigenvalue weighted by Gasteiger charge is -2.19. The Labute approximate surface area is 137 Å². The first-order valence-corrected chi connectivity index (χ1v) is 7.96. The van der Waals surface area contributed by atoms with E-state index in [-0.39, 0.29) is 23.8 Å². The molecule has 2 aliphatic heterocycles. The van der Waals surface area contributed by atoms with Crippen LogP contribution >= 0.6 is 0 Å². The van der Waals surface area contributed by atoms with Crippen molar-refractivity contribution in [3.8, 4) is 17.2 Å². The fourth-order valence-corrected chi connectivity index (χ4v) is 3.59. The summed E-state index contributed by atoms with van der Waals surface area (Å²) in [6, 6.07) is 7.48. The Kier molecular flexibility index (Phi) is 2.71. The summed E-state index contributed by atoms with van der Waals surface area (Å²) in [6.45, 7) is 0. The highest BCUT2D eigenvalue weighted by Gasteiger charge is 2.58. The monoisotopic (exact) mass is 322 g/mol. The zero-order valence-electron chi connectivity index (χ0n) is 12.7. The van der Waals surface area contributed by atoms with Crippen LogP contribution in [-0.2, 0) is 16.0 Å². The number of fused-ring (bicyclic) bond motifs is 4. The Bertz CT molecular complexity index is 879. The summed E-state index contributed by atoms with van der Waals surface area (Å²) in [5.41, 5.74) is 1.94. The quantitative estimate of drug-likeness (QED) is 0.878. The number of nitrogens with zero attached hydrogens (tertiary/aromatic N) is 1. The van der Waals surface area contributed by atoms with Crippen LogP contribution in [0.2, 0.25) is 0 Å². The van der Waals surface area contributed by atoms with Crippen LogP contribution in [0.15, 0.2) is 30.5 Å². The average Bonchev–Trinajstić information content (AvgIpc) is 3.16. The van der Waals surface area contributed by atoms with Gasteiger partial charge in [0.15, 0.2) is 0 Å². The topological polar surface area (TPSA) is 77.5 Å². The van der Waals surface area contributed by atoms with Crippen LogP contribution in [0.25, 0.3) is 0 Å². The summed E-state index contributed by atoms with van der Waals surface area (Å²) < 4.78 is 11.8. The summed E-state index contributed by atoms with van der Waals surface area (Å²) in [5.74, 6) is 2.89. The van der Waals surface area contributed by atoms with Crippen LogP contribution in [0, 0.1) is 5.92 Å². The molecule has 0 spiro atoms. The number of carbonyl (C=O) groups excluding carboxylic acids is 2. The first-order valence-electron chi connectivity index (χ1n) is 7.96. The van der Waals surface area contributed by atoms with Gasteiger partial charge in [-0.25, -0.2) is 4.98 Å². The minimum Gasteiger partial charge on any atom is -0.489 e. The second-order valence-corrected chi connectivity index (χ2v) is 6.31. The first kappa shape index (κ1) is 13.5. The number of aromatic nitrogens is 1. The maximum atomic E-state index is 11.5. The van der Waals surface area contributed by atoms with E-state index in [0.717, 1.165) is 23.2 Å². The van der Waals surface area contributed by atoms with E-state index in [0.29, 0.717) is 30.2 Å². The van der Waals surface area contributed by atoms with Gasteiger partial charge in [-0.2, -0.15) is 0 Å². The van der Waals surface area contributed by atoms with E-state index in [9.17, 15) is 9.59 Å². The third-order valence-electron chi connectivity index (χ3n) is 4.87. The van der Waals surface area contributed by atoms with Crippen molar-refractivity contribution >= 4 is 18.0 Å². The van der Waals surface area contributed by atoms with Crippen molar-refractivity contribution in [2.45, 2.75) is 24.9 Å². The van der Waals surface area contributed by atoms with E-state index >= 15 is 0 Å². The molecular formula is C18H14N2O4. The van der Waals surface area contributed by atoms with Gasteiger partial charge in [0.2, 0.25) is 5.91 Å². The molecule has 1 amide bonds. The molecule has 24 heavy (non-hydrogen) atoms. The second kappa shape index (κ2) is 4.80. The molecule has 1 saturated carbocycles. The standard InChI is InChI=1S/C18H14N2O4/c21-8-12-16-11-7-9(1-3-13(11)24-17(12)16)23-14-5-6-19-18-10(14)2-4-15(22)20-18/h1,3,5-8,12,16-17H,2,4H2,(H,19,20,22). The van der Waals surface area contributed by atoms with Gasteiger partial charge >= 0.3 is 0 Å². The van der Waals surface area contributed by atoms with Crippen molar-refractivity contribution in [1.29, 1.82) is 0 Å². The van der Waals surface area contributed by atoms with Gasteiger partial charge < -0.3 is 19.6 Å². The first-order chi connectivity index (χ1) is 11.7. The van der Waals surface area contributed by atoms with E-state index in [4.69, 9.17) is 9.47 Å². The zero-order chi connectivity index (χ0) is 16.3. The Morgan fingerprint density at radius 2 is 2.21 bits per heavy atom. The maximum absolute atomic E-state index is 11.5. The fourth-order valence-electron chi connectivity index (χ4n) is 3.59. The van der Waals surface area contributed by atoms with E-state index < -0.39 is 0 Å². The molecule has 120 valence electrons. The van der Waals surface area contributed by atoms with Crippen LogP contribution in [0.3, 0.4) is 0 Å². The molecule has 1 aromatic heterocycles. The molecule has 1 fully saturated rings. The highest BCUT2D eigenvalue weighted by atomic mass is 16.5. The van der Waals surface area contributed by atoms with Crippen molar-refractivity contribution in [2.24, 2.45) is 5.92 Å². The van der Waals surface area contributed by atoms with Gasteiger partial charge in [0, 0.05) is 29.7 Å². The molecule has 3 aliphatic rings. The van der Waals surface area contributed by atoms with E-state index in [1.54, 1.807) is 12.3 Å². The van der Waals surface area contributed by atoms with Crippen LogP contribution in [0.1, 0.15) is 23.5 Å². The highest BCUT2D eigenvalue weighted by molar-refractivity contribution is 5.93. The molecule has 6 nitrogen and oxygen atoms in total. The third kappa shape index (κ3) is 1.92. The Hall–Kier alpha value is -2.89. The number of nitrogens with one attached hydrogen (secondary N) is 1. The predicted molar refractivity (Wildman–Crippen MR) is 84.4 cm³/mol. The molecule has 5 rings (SSSR count). The lowest BCUT2D eigenvalue weighted by Crippen LogP contribution is -2.20. The summed E-state index contributed by atoms with van der Waals surface area (Å²) in [6.07, 6.45) is 3.62. The molecule has 0 saturated heterocycles. The molecule has 0 radical (unpaired) electrons. The summed E-state index contributed by atoms with van der Waals surface area (Å²) in [7, 11) is 0. The molecule has 1 N–H and O–H groups in total. The normalized spacial score (nSPS) is 25.7. The lowest BCUT2D eigenvalue weighted by molar-refractivity contribution is -0.116. The second-order valence-electron chi connectivity index (χ2n) is 6.31. The Morgan fingerprint density at radius 3 is 3.08 bits per heavy atom. The smallest absolute Gasteiger partial charge is 0.225 e. The number of aldehydes is 1. The Balaban J connectivity index is 1.46. The number of carbonyl (C=O) groups is 2. The van der Waals surface area contributed by atoms with Crippen molar-refractivity contribution < 1.29 is 19.1 Å². The van der Waals surface area contributed by atoms with E-state index in [2.05, 4.69) is 10.3 Å². The van der Waals surface area contributed by atoms with Gasteiger partial charge in [-0.15, -0.1) is 0 Å². The van der Waals surface area contributed by atoms with E-state index in [1.807, 2.05) is 18.2 Å². The van der Waals surface area contributed by atoms with Gasteiger partial charge in [-0.1, -0.05) is 0 Å². The number of rotatable bonds is 3. The molecular weight excluding hydrogens is 308 g/mol. The molecule has 0 bridgehead atoms. The summed E-state index contributed by atoms with van der Waals surface area (Å²) >= 11 is 0. The zero-order valence-corrected chi connectivity index (χ0v) is 12.7. The summed E-state index contributed by atoms with van der Waals surface area (Å²) in [5, 5.41) is 2.77. The largest absolute Gasteiger partial charge is 0.489 e. The van der Waals surface area contributed by atoms with Gasteiger partial charge in [0.05, 0.1) is 5.92 Å². The molecule has 2 aromatic rings. The molecule has 3 atom stereocenters.